The van der Waals surface area contributed by atoms with Gasteiger partial charge in [0.05, 0.1) is 19.3 Å². The van der Waals surface area contributed by atoms with Crippen molar-refractivity contribution in [2.75, 3.05) is 19.8 Å². The van der Waals surface area contributed by atoms with E-state index in [1.54, 1.807) is 0 Å². The molecule has 4 nitrogen and oxygen atoms in total. The second-order valence-corrected chi connectivity index (χ2v) is 5.32. The van der Waals surface area contributed by atoms with Crippen LogP contribution in [0.25, 0.3) is 0 Å². The first-order valence-electron chi connectivity index (χ1n) is 7.22. The Kier molecular flexibility index (Phi) is 7.82. The Hall–Kier alpha value is -0.160. The highest BCUT2D eigenvalue weighted by molar-refractivity contribution is 4.85. The maximum atomic E-state index is 9.87. The number of unbranched alkanes of at least 4 members (excludes halogenated alkanes) is 4. The average molecular weight is 260 g/mol. The summed E-state index contributed by atoms with van der Waals surface area (Å²) in [5.74, 6) is 0.0960. The summed E-state index contributed by atoms with van der Waals surface area (Å²) in [6.45, 7) is 5.56. The predicted molar refractivity (Wildman–Crippen MR) is 70.5 cm³/mol. The number of aliphatic hydroxyl groups is 2. The maximum absolute atomic E-state index is 9.87. The first-order valence-corrected chi connectivity index (χ1v) is 7.22. The molecule has 0 radical (unpaired) electrons. The van der Waals surface area contributed by atoms with Gasteiger partial charge >= 0.3 is 0 Å². The largest absolute Gasteiger partial charge is 0.390 e. The number of hydrogen-bond donors (Lipinski definition) is 2. The van der Waals surface area contributed by atoms with Crippen molar-refractivity contribution in [3.63, 3.8) is 0 Å². The highest BCUT2D eigenvalue weighted by atomic mass is 16.5. The van der Waals surface area contributed by atoms with Gasteiger partial charge in [-0.15, -0.1) is 0 Å². The Morgan fingerprint density at radius 2 is 2.00 bits per heavy atom. The Bertz CT molecular complexity index is 210. The van der Waals surface area contributed by atoms with Crippen molar-refractivity contribution < 1.29 is 19.7 Å². The Labute approximate surface area is 110 Å². The monoisotopic (exact) mass is 260 g/mol. The molecule has 1 fully saturated rings. The third-order valence-corrected chi connectivity index (χ3v) is 3.53. The fraction of sp³-hybridized carbons (Fsp3) is 1.00. The summed E-state index contributed by atoms with van der Waals surface area (Å²) in [6, 6.07) is 0. The van der Waals surface area contributed by atoms with Crippen LogP contribution in [0, 0.1) is 5.92 Å². The van der Waals surface area contributed by atoms with Crippen LogP contribution in [-0.2, 0) is 9.47 Å². The molecule has 1 heterocycles. The lowest BCUT2D eigenvalue weighted by Crippen LogP contribution is -2.39. The average Bonchev–Trinajstić information content (AvgIpc) is 2.69. The van der Waals surface area contributed by atoms with Gasteiger partial charge in [0.25, 0.3) is 0 Å². The lowest BCUT2D eigenvalue weighted by atomic mass is 10.0. The molecular weight excluding hydrogens is 232 g/mol. The van der Waals surface area contributed by atoms with E-state index in [9.17, 15) is 10.2 Å². The van der Waals surface area contributed by atoms with Gasteiger partial charge in [-0.1, -0.05) is 39.5 Å². The van der Waals surface area contributed by atoms with Crippen molar-refractivity contribution in [1.82, 2.24) is 0 Å². The molecule has 4 atom stereocenters. The number of hydrogen-bond acceptors (Lipinski definition) is 4. The second-order valence-electron chi connectivity index (χ2n) is 5.32. The molecule has 0 aromatic carbocycles. The van der Waals surface area contributed by atoms with E-state index >= 15 is 0 Å². The quantitative estimate of drug-likeness (QED) is 0.620. The molecule has 18 heavy (non-hydrogen) atoms. The molecule has 2 N–H and O–H groups in total. The van der Waals surface area contributed by atoms with Crippen LogP contribution in [0.15, 0.2) is 0 Å². The Morgan fingerprint density at radius 1 is 1.28 bits per heavy atom. The van der Waals surface area contributed by atoms with E-state index in [0.29, 0.717) is 13.2 Å². The van der Waals surface area contributed by atoms with E-state index < -0.39 is 18.3 Å². The first-order chi connectivity index (χ1) is 8.66. The van der Waals surface area contributed by atoms with E-state index in [-0.39, 0.29) is 12.5 Å². The van der Waals surface area contributed by atoms with Crippen molar-refractivity contribution in [2.24, 2.45) is 5.92 Å². The molecule has 0 saturated carbocycles. The van der Waals surface area contributed by atoms with Crippen LogP contribution in [0.2, 0.25) is 0 Å². The summed E-state index contributed by atoms with van der Waals surface area (Å²) < 4.78 is 10.8. The van der Waals surface area contributed by atoms with Gasteiger partial charge in [-0.3, -0.25) is 0 Å². The van der Waals surface area contributed by atoms with Gasteiger partial charge in [0.1, 0.15) is 12.2 Å². The predicted octanol–water partition coefficient (Wildman–Crippen LogP) is 1.73. The van der Waals surface area contributed by atoms with Crippen LogP contribution in [-0.4, -0.2) is 48.3 Å². The minimum absolute atomic E-state index is 0.0960. The molecule has 4 unspecified atom stereocenters. The standard InChI is InChI=1S/C14H28O4/c1-3-4-5-6-7-8-17-10-12(15)14-13(16)11(2)9-18-14/h11-16H,3-10H2,1-2H3. The lowest BCUT2D eigenvalue weighted by Gasteiger charge is -2.21. The molecule has 0 aliphatic carbocycles. The lowest BCUT2D eigenvalue weighted by molar-refractivity contribution is -0.0791. The summed E-state index contributed by atoms with van der Waals surface area (Å²) in [4.78, 5) is 0. The molecule has 1 rings (SSSR count). The second kappa shape index (κ2) is 8.86. The minimum atomic E-state index is -0.722. The SMILES string of the molecule is CCCCCCCOCC(O)C1OCC(C)C1O. The van der Waals surface area contributed by atoms with E-state index in [4.69, 9.17) is 9.47 Å². The molecule has 0 amide bonds. The summed E-state index contributed by atoms with van der Waals surface area (Å²) in [5.41, 5.74) is 0. The third-order valence-electron chi connectivity index (χ3n) is 3.53. The minimum Gasteiger partial charge on any atom is -0.390 e. The summed E-state index contributed by atoms with van der Waals surface area (Å²) >= 11 is 0. The van der Waals surface area contributed by atoms with E-state index in [1.165, 1.54) is 25.7 Å². The molecule has 0 spiro atoms. The maximum Gasteiger partial charge on any atom is 0.112 e. The van der Waals surface area contributed by atoms with Crippen molar-refractivity contribution in [1.29, 1.82) is 0 Å². The molecule has 0 aromatic heterocycles. The molecule has 1 aliphatic rings. The summed E-state index contributed by atoms with van der Waals surface area (Å²) in [5, 5.41) is 19.7. The third kappa shape index (κ3) is 5.22. The Morgan fingerprint density at radius 3 is 2.61 bits per heavy atom. The number of rotatable bonds is 9. The fourth-order valence-corrected chi connectivity index (χ4v) is 2.23. The molecule has 4 heteroatoms. The molecule has 1 saturated heterocycles. The van der Waals surface area contributed by atoms with Gasteiger partial charge in [0.15, 0.2) is 0 Å². The van der Waals surface area contributed by atoms with Crippen molar-refractivity contribution in [3.8, 4) is 0 Å². The summed E-state index contributed by atoms with van der Waals surface area (Å²) in [7, 11) is 0. The number of aliphatic hydroxyl groups excluding tert-OH is 2. The van der Waals surface area contributed by atoms with Gasteiger partial charge < -0.3 is 19.7 Å². The highest BCUT2D eigenvalue weighted by Crippen LogP contribution is 2.22. The van der Waals surface area contributed by atoms with Crippen LogP contribution >= 0.6 is 0 Å². The zero-order valence-electron chi connectivity index (χ0n) is 11.7. The van der Waals surface area contributed by atoms with Crippen LogP contribution in [0.4, 0.5) is 0 Å². The van der Waals surface area contributed by atoms with Gasteiger partial charge in [-0.25, -0.2) is 0 Å². The van der Waals surface area contributed by atoms with Gasteiger partial charge in [-0.2, -0.15) is 0 Å². The topological polar surface area (TPSA) is 58.9 Å². The van der Waals surface area contributed by atoms with Crippen LogP contribution in [0.1, 0.15) is 46.0 Å². The van der Waals surface area contributed by atoms with Gasteiger partial charge in [0, 0.05) is 12.5 Å². The molecule has 0 aromatic rings. The molecule has 1 aliphatic heterocycles. The van der Waals surface area contributed by atoms with Gasteiger partial charge in [0.2, 0.25) is 0 Å². The van der Waals surface area contributed by atoms with Crippen LogP contribution in [0.5, 0.6) is 0 Å². The van der Waals surface area contributed by atoms with E-state index in [0.717, 1.165) is 6.42 Å². The smallest absolute Gasteiger partial charge is 0.112 e. The molecule has 0 bridgehead atoms. The van der Waals surface area contributed by atoms with Crippen LogP contribution < -0.4 is 0 Å². The van der Waals surface area contributed by atoms with Crippen molar-refractivity contribution in [3.05, 3.63) is 0 Å². The van der Waals surface area contributed by atoms with E-state index in [2.05, 4.69) is 6.92 Å². The van der Waals surface area contributed by atoms with Crippen LogP contribution in [0.3, 0.4) is 0 Å². The molecule has 108 valence electrons. The van der Waals surface area contributed by atoms with Crippen molar-refractivity contribution in [2.45, 2.75) is 64.3 Å². The van der Waals surface area contributed by atoms with Crippen molar-refractivity contribution >= 4 is 0 Å². The highest BCUT2D eigenvalue weighted by Gasteiger charge is 2.37. The Balaban J connectivity index is 2.01. The van der Waals surface area contributed by atoms with Gasteiger partial charge in [-0.05, 0) is 6.42 Å². The first kappa shape index (κ1) is 15.9. The van der Waals surface area contributed by atoms with E-state index in [1.807, 2.05) is 6.92 Å². The summed E-state index contributed by atoms with van der Waals surface area (Å²) in [6.07, 6.45) is 4.22. The normalized spacial score (nSPS) is 29.7. The number of ether oxygens (including phenoxy) is 2. The zero-order valence-corrected chi connectivity index (χ0v) is 11.7. The zero-order chi connectivity index (χ0) is 13.4. The molecular formula is C14H28O4. The fourth-order valence-electron chi connectivity index (χ4n) is 2.23.